The minimum absolute atomic E-state index is 0.0148. The summed E-state index contributed by atoms with van der Waals surface area (Å²) < 4.78 is 41.3. The van der Waals surface area contributed by atoms with E-state index in [1.807, 2.05) is 0 Å². The van der Waals surface area contributed by atoms with Crippen LogP contribution in [0.3, 0.4) is 0 Å². The smallest absolute Gasteiger partial charge is 0.134 e. The first-order valence-corrected chi connectivity index (χ1v) is 7.01. The zero-order valence-electron chi connectivity index (χ0n) is 10.9. The van der Waals surface area contributed by atoms with Crippen LogP contribution in [-0.4, -0.2) is 11.7 Å². The Hall–Kier alpha value is -1.37. The summed E-state index contributed by atoms with van der Waals surface area (Å²) in [6.45, 7) is -0.0148. The van der Waals surface area contributed by atoms with Gasteiger partial charge in [-0.1, -0.05) is 28.1 Å². The summed E-state index contributed by atoms with van der Waals surface area (Å²) in [5, 5.41) is 10.3. The second kappa shape index (κ2) is 6.60. The zero-order chi connectivity index (χ0) is 15.6. The molecular formula is C15H13BrF3NO. The lowest BCUT2D eigenvalue weighted by Gasteiger charge is -2.23. The molecule has 0 bridgehead atoms. The second-order valence-corrected chi connectivity index (χ2v) is 5.54. The summed E-state index contributed by atoms with van der Waals surface area (Å²) in [5.41, 5.74) is 5.68. The van der Waals surface area contributed by atoms with Gasteiger partial charge < -0.3 is 10.8 Å². The van der Waals surface area contributed by atoms with E-state index in [1.54, 1.807) is 24.3 Å². The highest BCUT2D eigenvalue weighted by molar-refractivity contribution is 9.10. The fourth-order valence-corrected chi connectivity index (χ4v) is 2.46. The predicted octanol–water partition coefficient (Wildman–Crippen LogP) is 3.64. The Morgan fingerprint density at radius 3 is 2.05 bits per heavy atom. The molecule has 0 aliphatic rings. The van der Waals surface area contributed by atoms with E-state index < -0.39 is 35.0 Å². The maximum absolute atomic E-state index is 13.7. The van der Waals surface area contributed by atoms with Gasteiger partial charge in [0.25, 0.3) is 0 Å². The molecule has 2 unspecified atom stereocenters. The quantitative estimate of drug-likeness (QED) is 0.875. The van der Waals surface area contributed by atoms with Gasteiger partial charge in [0.05, 0.1) is 11.7 Å². The molecule has 0 radical (unpaired) electrons. The van der Waals surface area contributed by atoms with Crippen LogP contribution in [0.2, 0.25) is 0 Å². The molecular weight excluding hydrogens is 347 g/mol. The van der Waals surface area contributed by atoms with Crippen LogP contribution < -0.4 is 5.73 Å². The van der Waals surface area contributed by atoms with E-state index in [1.165, 1.54) is 0 Å². The average Bonchev–Trinajstić information content (AvgIpc) is 2.40. The minimum atomic E-state index is -1.50. The molecule has 2 atom stereocenters. The number of rotatable bonds is 4. The molecule has 2 rings (SSSR count). The maximum Gasteiger partial charge on any atom is 0.134 e. The molecule has 0 aromatic heterocycles. The Kier molecular flexibility index (Phi) is 5.03. The van der Waals surface area contributed by atoms with Crippen molar-refractivity contribution < 1.29 is 18.3 Å². The lowest BCUT2D eigenvalue weighted by Crippen LogP contribution is -2.22. The summed E-state index contributed by atoms with van der Waals surface area (Å²) in [7, 11) is 0. The highest BCUT2D eigenvalue weighted by Gasteiger charge is 2.27. The van der Waals surface area contributed by atoms with Crippen molar-refractivity contribution in [2.24, 2.45) is 5.73 Å². The third kappa shape index (κ3) is 3.45. The van der Waals surface area contributed by atoms with Crippen LogP contribution in [0.1, 0.15) is 23.1 Å². The van der Waals surface area contributed by atoms with Gasteiger partial charge in [-0.05, 0) is 17.7 Å². The van der Waals surface area contributed by atoms with Gasteiger partial charge >= 0.3 is 0 Å². The molecule has 3 N–H and O–H groups in total. The van der Waals surface area contributed by atoms with E-state index in [9.17, 15) is 18.3 Å². The Labute approximate surface area is 128 Å². The summed E-state index contributed by atoms with van der Waals surface area (Å²) in [5.74, 6) is -3.99. The van der Waals surface area contributed by atoms with Crippen molar-refractivity contribution >= 4 is 15.9 Å². The van der Waals surface area contributed by atoms with Gasteiger partial charge in [-0.25, -0.2) is 13.2 Å². The molecule has 21 heavy (non-hydrogen) atoms. The Bertz CT molecular complexity index is 610. The number of nitrogens with two attached hydrogens (primary N) is 1. The SMILES string of the molecule is NCC(c1ccc(Br)cc1)C(O)c1c(F)cc(F)cc1F. The molecule has 2 aromatic carbocycles. The van der Waals surface area contributed by atoms with E-state index in [-0.39, 0.29) is 6.54 Å². The topological polar surface area (TPSA) is 46.2 Å². The van der Waals surface area contributed by atoms with Gasteiger partial charge in [0.1, 0.15) is 17.5 Å². The second-order valence-electron chi connectivity index (χ2n) is 4.62. The van der Waals surface area contributed by atoms with Gasteiger partial charge in [0, 0.05) is 29.1 Å². The third-order valence-electron chi connectivity index (χ3n) is 3.27. The maximum atomic E-state index is 13.7. The molecule has 2 aromatic rings. The molecule has 0 saturated carbocycles. The summed E-state index contributed by atoms with van der Waals surface area (Å²) >= 11 is 3.27. The van der Waals surface area contributed by atoms with Gasteiger partial charge in [-0.3, -0.25) is 0 Å². The first kappa shape index (κ1) is 16.0. The Morgan fingerprint density at radius 1 is 1.05 bits per heavy atom. The Morgan fingerprint density at radius 2 is 1.57 bits per heavy atom. The van der Waals surface area contributed by atoms with Crippen LogP contribution in [0.15, 0.2) is 40.9 Å². The van der Waals surface area contributed by atoms with Gasteiger partial charge in [-0.2, -0.15) is 0 Å². The van der Waals surface area contributed by atoms with Crippen molar-refractivity contribution in [3.05, 3.63) is 69.4 Å². The Balaban J connectivity index is 2.41. The normalized spacial score (nSPS) is 14.0. The van der Waals surface area contributed by atoms with Crippen LogP contribution in [0, 0.1) is 17.5 Å². The molecule has 0 aliphatic carbocycles. The average molecular weight is 360 g/mol. The molecule has 0 heterocycles. The number of benzene rings is 2. The van der Waals surface area contributed by atoms with Gasteiger partial charge in [-0.15, -0.1) is 0 Å². The molecule has 112 valence electrons. The fraction of sp³-hybridized carbons (Fsp3) is 0.200. The van der Waals surface area contributed by atoms with E-state index >= 15 is 0 Å². The summed E-state index contributed by atoms with van der Waals surface area (Å²) in [6, 6.07) is 7.95. The van der Waals surface area contributed by atoms with E-state index in [4.69, 9.17) is 5.73 Å². The number of halogens is 4. The van der Waals surface area contributed by atoms with Gasteiger partial charge in [0.2, 0.25) is 0 Å². The monoisotopic (exact) mass is 359 g/mol. The molecule has 0 fully saturated rings. The zero-order valence-corrected chi connectivity index (χ0v) is 12.4. The van der Waals surface area contributed by atoms with Crippen molar-refractivity contribution in [3.63, 3.8) is 0 Å². The standard InChI is InChI=1S/C15H13BrF3NO/c16-9-3-1-8(2-4-9)11(7-20)15(21)14-12(18)5-10(17)6-13(14)19/h1-6,11,15,21H,7,20H2. The first-order chi connectivity index (χ1) is 9.93. The van der Waals surface area contributed by atoms with Crippen molar-refractivity contribution in [2.45, 2.75) is 12.0 Å². The highest BCUT2D eigenvalue weighted by Crippen LogP contribution is 2.34. The van der Waals surface area contributed by atoms with Crippen LogP contribution in [0.5, 0.6) is 0 Å². The molecule has 0 amide bonds. The van der Waals surface area contributed by atoms with Crippen molar-refractivity contribution in [3.8, 4) is 0 Å². The van der Waals surface area contributed by atoms with E-state index in [0.29, 0.717) is 17.7 Å². The minimum Gasteiger partial charge on any atom is -0.388 e. The molecule has 6 heteroatoms. The van der Waals surface area contributed by atoms with Crippen molar-refractivity contribution in [1.29, 1.82) is 0 Å². The fourth-order valence-electron chi connectivity index (χ4n) is 2.19. The molecule has 0 spiro atoms. The van der Waals surface area contributed by atoms with E-state index in [0.717, 1.165) is 4.47 Å². The third-order valence-corrected chi connectivity index (χ3v) is 3.80. The van der Waals surface area contributed by atoms with Crippen LogP contribution >= 0.6 is 15.9 Å². The number of hydrogen-bond acceptors (Lipinski definition) is 2. The molecule has 0 aliphatic heterocycles. The molecule has 0 saturated heterocycles. The first-order valence-electron chi connectivity index (χ1n) is 6.22. The summed E-state index contributed by atoms with van der Waals surface area (Å²) in [4.78, 5) is 0. The van der Waals surface area contributed by atoms with Crippen molar-refractivity contribution in [2.75, 3.05) is 6.54 Å². The van der Waals surface area contributed by atoms with Crippen molar-refractivity contribution in [1.82, 2.24) is 0 Å². The summed E-state index contributed by atoms with van der Waals surface area (Å²) in [6.07, 6.45) is -1.50. The van der Waals surface area contributed by atoms with E-state index in [2.05, 4.69) is 15.9 Å². The van der Waals surface area contributed by atoms with Crippen LogP contribution in [0.4, 0.5) is 13.2 Å². The predicted molar refractivity (Wildman–Crippen MR) is 77.2 cm³/mol. The largest absolute Gasteiger partial charge is 0.388 e. The number of aliphatic hydroxyl groups excluding tert-OH is 1. The van der Waals surface area contributed by atoms with Crippen LogP contribution in [-0.2, 0) is 0 Å². The number of aliphatic hydroxyl groups is 1. The lowest BCUT2D eigenvalue weighted by molar-refractivity contribution is 0.138. The highest BCUT2D eigenvalue weighted by atomic mass is 79.9. The van der Waals surface area contributed by atoms with Gasteiger partial charge in [0.15, 0.2) is 0 Å². The lowest BCUT2D eigenvalue weighted by atomic mass is 9.88. The van der Waals surface area contributed by atoms with Crippen LogP contribution in [0.25, 0.3) is 0 Å². The number of hydrogen-bond donors (Lipinski definition) is 2. The molecule has 2 nitrogen and oxygen atoms in total.